The SMILES string of the molecule is N=C(N)c1ccc(OCCCN2CCC(NCCCCCN=C(N)N)CC2)cc1. The third kappa shape index (κ3) is 9.62. The van der Waals surface area contributed by atoms with Crippen LogP contribution >= 0.6 is 0 Å². The van der Waals surface area contributed by atoms with Crippen molar-refractivity contribution in [2.24, 2.45) is 22.2 Å². The van der Waals surface area contributed by atoms with Gasteiger partial charge in [0.15, 0.2) is 5.96 Å². The molecule has 0 spiro atoms. The lowest BCUT2D eigenvalue weighted by molar-refractivity contribution is 0.182. The predicted molar refractivity (Wildman–Crippen MR) is 120 cm³/mol. The number of nitrogen functional groups attached to an aromatic ring is 1. The summed E-state index contributed by atoms with van der Waals surface area (Å²) >= 11 is 0. The molecule has 1 saturated heterocycles. The van der Waals surface area contributed by atoms with Gasteiger partial charge in [-0.05, 0) is 76.0 Å². The largest absolute Gasteiger partial charge is 0.494 e. The number of hydrogen-bond acceptors (Lipinski definition) is 5. The molecule has 2 rings (SSSR count). The Morgan fingerprint density at radius 1 is 1.07 bits per heavy atom. The summed E-state index contributed by atoms with van der Waals surface area (Å²) in [7, 11) is 0. The first-order valence-corrected chi connectivity index (χ1v) is 10.6. The van der Waals surface area contributed by atoms with E-state index in [1.54, 1.807) is 0 Å². The molecule has 8 N–H and O–H groups in total. The zero-order valence-electron chi connectivity index (χ0n) is 17.4. The molecular weight excluding hydrogens is 366 g/mol. The standard InChI is InChI=1S/C21H37N7O/c22-20(23)17-5-7-19(8-6-17)29-16-4-13-28-14-9-18(10-15-28)26-11-2-1-3-12-27-21(24)25/h5-8,18,26H,1-4,9-16H2,(H3,22,23)(H4,24,25,27). The normalized spacial score (nSPS) is 15.2. The molecule has 1 heterocycles. The summed E-state index contributed by atoms with van der Waals surface area (Å²) in [5.74, 6) is 1.10. The summed E-state index contributed by atoms with van der Waals surface area (Å²) in [6.07, 6.45) is 6.80. The van der Waals surface area contributed by atoms with E-state index >= 15 is 0 Å². The Balaban J connectivity index is 1.47. The predicted octanol–water partition coefficient (Wildman–Crippen LogP) is 1.24. The number of benzene rings is 1. The Morgan fingerprint density at radius 2 is 1.79 bits per heavy atom. The van der Waals surface area contributed by atoms with Gasteiger partial charge in [0.05, 0.1) is 6.61 Å². The van der Waals surface area contributed by atoms with Gasteiger partial charge in [-0.2, -0.15) is 0 Å². The summed E-state index contributed by atoms with van der Waals surface area (Å²) in [4.78, 5) is 6.53. The number of nitrogens with two attached hydrogens (primary N) is 3. The minimum absolute atomic E-state index is 0.0808. The molecule has 1 aromatic carbocycles. The fourth-order valence-corrected chi connectivity index (χ4v) is 3.50. The lowest BCUT2D eigenvalue weighted by atomic mass is 10.0. The molecule has 0 bridgehead atoms. The average molecular weight is 404 g/mol. The molecule has 1 aliphatic heterocycles. The highest BCUT2D eigenvalue weighted by atomic mass is 16.5. The van der Waals surface area contributed by atoms with Crippen LogP contribution in [0.2, 0.25) is 0 Å². The molecule has 1 fully saturated rings. The van der Waals surface area contributed by atoms with Gasteiger partial charge >= 0.3 is 0 Å². The molecule has 1 aromatic rings. The molecule has 29 heavy (non-hydrogen) atoms. The maximum Gasteiger partial charge on any atom is 0.185 e. The van der Waals surface area contributed by atoms with Crippen LogP contribution in [-0.2, 0) is 0 Å². The van der Waals surface area contributed by atoms with E-state index < -0.39 is 0 Å². The van der Waals surface area contributed by atoms with E-state index in [2.05, 4.69) is 15.2 Å². The van der Waals surface area contributed by atoms with Crippen molar-refractivity contribution in [1.29, 1.82) is 5.41 Å². The summed E-state index contributed by atoms with van der Waals surface area (Å²) in [5.41, 5.74) is 16.8. The molecule has 0 unspecified atom stereocenters. The first kappa shape index (κ1) is 23.0. The number of rotatable bonds is 13. The highest BCUT2D eigenvalue weighted by molar-refractivity contribution is 5.94. The van der Waals surface area contributed by atoms with Crippen molar-refractivity contribution in [2.75, 3.05) is 39.3 Å². The first-order chi connectivity index (χ1) is 14.0. The van der Waals surface area contributed by atoms with Crippen LogP contribution in [0.5, 0.6) is 5.75 Å². The second-order valence-electron chi connectivity index (χ2n) is 7.58. The second kappa shape index (κ2) is 13.0. The zero-order valence-corrected chi connectivity index (χ0v) is 17.4. The Kier molecular flexibility index (Phi) is 10.3. The van der Waals surface area contributed by atoms with Gasteiger partial charge in [0.2, 0.25) is 0 Å². The lowest BCUT2D eigenvalue weighted by Gasteiger charge is -2.32. The molecule has 0 radical (unpaired) electrons. The third-order valence-electron chi connectivity index (χ3n) is 5.20. The van der Waals surface area contributed by atoms with Gasteiger partial charge in [0.1, 0.15) is 11.6 Å². The van der Waals surface area contributed by atoms with Crippen molar-refractivity contribution in [3.8, 4) is 5.75 Å². The first-order valence-electron chi connectivity index (χ1n) is 10.6. The molecule has 1 aliphatic rings. The smallest absolute Gasteiger partial charge is 0.185 e. The van der Waals surface area contributed by atoms with E-state index in [1.807, 2.05) is 24.3 Å². The van der Waals surface area contributed by atoms with E-state index in [9.17, 15) is 0 Å². The minimum atomic E-state index is 0.0808. The van der Waals surface area contributed by atoms with Gasteiger partial charge in [-0.3, -0.25) is 10.4 Å². The van der Waals surface area contributed by atoms with Crippen molar-refractivity contribution >= 4 is 11.8 Å². The Hall–Kier alpha value is -2.32. The number of likely N-dealkylation sites (tertiary alicyclic amines) is 1. The van der Waals surface area contributed by atoms with Gasteiger partial charge in [0.25, 0.3) is 0 Å². The van der Waals surface area contributed by atoms with E-state index in [0.29, 0.717) is 12.6 Å². The second-order valence-corrected chi connectivity index (χ2v) is 7.58. The van der Waals surface area contributed by atoms with Crippen molar-refractivity contribution in [3.05, 3.63) is 29.8 Å². The van der Waals surface area contributed by atoms with Crippen molar-refractivity contribution in [1.82, 2.24) is 10.2 Å². The molecule has 0 saturated carbocycles. The number of guanidine groups is 1. The monoisotopic (exact) mass is 403 g/mol. The van der Waals surface area contributed by atoms with Crippen LogP contribution in [0.1, 0.15) is 44.1 Å². The van der Waals surface area contributed by atoms with Gasteiger partial charge in [-0.15, -0.1) is 0 Å². The van der Waals surface area contributed by atoms with Crippen molar-refractivity contribution in [2.45, 2.75) is 44.6 Å². The number of hydrogen-bond donors (Lipinski definition) is 5. The Bertz CT molecular complexity index is 620. The van der Waals surface area contributed by atoms with E-state index in [0.717, 1.165) is 63.3 Å². The van der Waals surface area contributed by atoms with Gasteiger partial charge in [0, 0.05) is 24.7 Å². The minimum Gasteiger partial charge on any atom is -0.494 e. The van der Waals surface area contributed by atoms with E-state index in [-0.39, 0.29) is 11.8 Å². The fraction of sp³-hybridized carbons (Fsp3) is 0.619. The maximum absolute atomic E-state index is 7.40. The highest BCUT2D eigenvalue weighted by Gasteiger charge is 2.17. The van der Waals surface area contributed by atoms with Crippen LogP contribution in [-0.4, -0.2) is 62.1 Å². The molecule has 0 aliphatic carbocycles. The Morgan fingerprint density at radius 3 is 2.45 bits per heavy atom. The van der Waals surface area contributed by atoms with Crippen LogP contribution < -0.4 is 27.3 Å². The summed E-state index contributed by atoms with van der Waals surface area (Å²) < 4.78 is 5.79. The van der Waals surface area contributed by atoms with Crippen LogP contribution in [0, 0.1) is 5.41 Å². The number of ether oxygens (including phenoxy) is 1. The van der Waals surface area contributed by atoms with E-state index in [4.69, 9.17) is 27.3 Å². The number of amidine groups is 1. The van der Waals surface area contributed by atoms with Gasteiger partial charge in [-0.1, -0.05) is 6.42 Å². The van der Waals surface area contributed by atoms with Gasteiger partial charge in [-0.25, -0.2) is 0 Å². The van der Waals surface area contributed by atoms with Gasteiger partial charge < -0.3 is 32.2 Å². The topological polar surface area (TPSA) is 139 Å². The number of piperidine rings is 1. The molecule has 8 nitrogen and oxygen atoms in total. The van der Waals surface area contributed by atoms with Crippen LogP contribution in [0.25, 0.3) is 0 Å². The number of aliphatic imine (C=N–C) groups is 1. The number of nitrogens with one attached hydrogen (secondary N) is 2. The summed E-state index contributed by atoms with van der Waals surface area (Å²) in [6.45, 7) is 5.88. The van der Waals surface area contributed by atoms with Crippen LogP contribution in [0.15, 0.2) is 29.3 Å². The molecule has 162 valence electrons. The third-order valence-corrected chi connectivity index (χ3v) is 5.20. The fourth-order valence-electron chi connectivity index (χ4n) is 3.50. The van der Waals surface area contributed by atoms with Crippen molar-refractivity contribution < 1.29 is 4.74 Å². The number of nitrogens with zero attached hydrogens (tertiary/aromatic N) is 2. The summed E-state index contributed by atoms with van der Waals surface area (Å²) in [5, 5.41) is 11.1. The van der Waals surface area contributed by atoms with Crippen LogP contribution in [0.3, 0.4) is 0 Å². The molecular formula is C21H37N7O. The van der Waals surface area contributed by atoms with Crippen molar-refractivity contribution in [3.63, 3.8) is 0 Å². The van der Waals surface area contributed by atoms with E-state index in [1.165, 1.54) is 19.3 Å². The average Bonchev–Trinajstić information content (AvgIpc) is 2.71. The summed E-state index contributed by atoms with van der Waals surface area (Å²) in [6, 6.07) is 8.02. The molecule has 8 heteroatoms. The lowest BCUT2D eigenvalue weighted by Crippen LogP contribution is -2.43. The molecule has 0 aromatic heterocycles. The molecule has 0 atom stereocenters. The highest BCUT2D eigenvalue weighted by Crippen LogP contribution is 2.13. The Labute approximate surface area is 174 Å². The quantitative estimate of drug-likeness (QED) is 0.191. The zero-order chi connectivity index (χ0) is 20.9. The number of unbranched alkanes of at least 4 members (excludes halogenated alkanes) is 2. The maximum atomic E-state index is 7.40. The molecule has 0 amide bonds. The van der Waals surface area contributed by atoms with Crippen LogP contribution in [0.4, 0.5) is 0 Å².